The highest BCUT2D eigenvalue weighted by atomic mass is 19.4. The van der Waals surface area contributed by atoms with E-state index in [0.717, 1.165) is 6.07 Å². The van der Waals surface area contributed by atoms with Gasteiger partial charge in [0, 0.05) is 6.54 Å². The minimum absolute atomic E-state index is 0.00177. The van der Waals surface area contributed by atoms with Crippen LogP contribution in [0.5, 0.6) is 5.75 Å². The number of aromatic nitrogens is 1. The molecule has 1 aromatic heterocycles. The molecule has 0 saturated carbocycles. The number of alkyl halides is 3. The van der Waals surface area contributed by atoms with Gasteiger partial charge >= 0.3 is 12.3 Å². The number of nitrogens with two attached hydrogens (primary N) is 1. The molecular weight excluding hydrogens is 253 g/mol. The van der Waals surface area contributed by atoms with Gasteiger partial charge in [-0.1, -0.05) is 0 Å². The first kappa shape index (κ1) is 14.2. The number of rotatable bonds is 4. The second-order valence-electron chi connectivity index (χ2n) is 3.50. The summed E-state index contributed by atoms with van der Waals surface area (Å²) in [7, 11) is 0. The van der Waals surface area contributed by atoms with E-state index in [4.69, 9.17) is 10.8 Å². The van der Waals surface area contributed by atoms with Crippen LogP contribution in [0.25, 0.3) is 0 Å². The lowest BCUT2D eigenvalue weighted by molar-refractivity contribution is -0.275. The van der Waals surface area contributed by atoms with Crippen molar-refractivity contribution in [1.82, 2.24) is 4.98 Å². The molecule has 0 radical (unpaired) electrons. The summed E-state index contributed by atoms with van der Waals surface area (Å²) in [6.07, 6.45) is -5.31. The number of carboxylic acids is 1. The zero-order chi connectivity index (χ0) is 13.9. The van der Waals surface area contributed by atoms with E-state index in [2.05, 4.69) is 9.72 Å². The van der Waals surface area contributed by atoms with Gasteiger partial charge in [-0.25, -0.2) is 0 Å². The van der Waals surface area contributed by atoms with Crippen molar-refractivity contribution in [2.24, 2.45) is 5.73 Å². The van der Waals surface area contributed by atoms with Crippen LogP contribution in [0.1, 0.15) is 17.0 Å². The van der Waals surface area contributed by atoms with Gasteiger partial charge in [-0.15, -0.1) is 13.2 Å². The lowest BCUT2D eigenvalue weighted by Gasteiger charge is -2.14. The van der Waals surface area contributed by atoms with E-state index in [1.165, 1.54) is 6.92 Å². The fourth-order valence-corrected chi connectivity index (χ4v) is 1.40. The van der Waals surface area contributed by atoms with Gasteiger partial charge in [0.05, 0.1) is 17.8 Å². The first-order valence-corrected chi connectivity index (χ1v) is 4.90. The molecule has 18 heavy (non-hydrogen) atoms. The Balaban J connectivity index is 3.16. The van der Waals surface area contributed by atoms with E-state index in [1.807, 2.05) is 0 Å². The zero-order valence-corrected chi connectivity index (χ0v) is 9.41. The predicted molar refractivity (Wildman–Crippen MR) is 54.9 cm³/mol. The quantitative estimate of drug-likeness (QED) is 0.857. The van der Waals surface area contributed by atoms with E-state index >= 15 is 0 Å². The highest BCUT2D eigenvalue weighted by Gasteiger charge is 2.32. The van der Waals surface area contributed by atoms with Gasteiger partial charge in [-0.2, -0.15) is 0 Å². The van der Waals surface area contributed by atoms with E-state index in [1.54, 1.807) is 0 Å². The number of hydrogen-bond acceptors (Lipinski definition) is 4. The summed E-state index contributed by atoms with van der Waals surface area (Å²) in [6, 6.07) is 1.01. The highest BCUT2D eigenvalue weighted by Crippen LogP contribution is 2.27. The number of carboxylic acid groups (broad SMARTS) is 1. The number of ether oxygens (including phenoxy) is 1. The average molecular weight is 264 g/mol. The third-order valence-electron chi connectivity index (χ3n) is 2.10. The molecule has 0 fully saturated rings. The summed E-state index contributed by atoms with van der Waals surface area (Å²) >= 11 is 0. The Bertz CT molecular complexity index is 460. The number of halogens is 3. The molecule has 0 unspecified atom stereocenters. The van der Waals surface area contributed by atoms with Gasteiger partial charge in [0.15, 0.2) is 5.75 Å². The van der Waals surface area contributed by atoms with Crippen molar-refractivity contribution in [3.8, 4) is 5.75 Å². The number of carbonyl (C=O) groups is 1. The van der Waals surface area contributed by atoms with Crippen LogP contribution in [0.3, 0.4) is 0 Å². The minimum Gasteiger partial charge on any atom is -0.481 e. The van der Waals surface area contributed by atoms with Gasteiger partial charge in [-0.05, 0) is 18.6 Å². The summed E-state index contributed by atoms with van der Waals surface area (Å²) in [5.41, 5.74) is 5.70. The lowest BCUT2D eigenvalue weighted by atomic mass is 10.1. The standard InChI is InChI=1S/C10H11F3N2O3/c1-5-8(18-10(11,12)13)2-6(3-9(16)17)7(4-14)15-5/h2H,3-4,14H2,1H3,(H,16,17). The molecule has 0 spiro atoms. The Labute approximate surface area is 100 Å². The maximum absolute atomic E-state index is 12.1. The Morgan fingerprint density at radius 1 is 1.56 bits per heavy atom. The molecule has 3 N–H and O–H groups in total. The largest absolute Gasteiger partial charge is 0.573 e. The van der Waals surface area contributed by atoms with Gasteiger partial charge in [0.1, 0.15) is 0 Å². The van der Waals surface area contributed by atoms with Gasteiger partial charge < -0.3 is 15.6 Å². The Morgan fingerprint density at radius 3 is 2.61 bits per heavy atom. The average Bonchev–Trinajstić information content (AvgIpc) is 2.19. The normalized spacial score (nSPS) is 11.4. The van der Waals surface area contributed by atoms with Crippen molar-refractivity contribution in [3.05, 3.63) is 23.0 Å². The van der Waals surface area contributed by atoms with Crippen LogP contribution < -0.4 is 10.5 Å². The van der Waals surface area contributed by atoms with Crippen molar-refractivity contribution in [3.63, 3.8) is 0 Å². The SMILES string of the molecule is Cc1nc(CN)c(CC(=O)O)cc1OC(F)(F)F. The number of nitrogens with zero attached hydrogens (tertiary/aromatic N) is 1. The van der Waals surface area contributed by atoms with E-state index in [9.17, 15) is 18.0 Å². The van der Waals surface area contributed by atoms with Gasteiger partial charge in [0.25, 0.3) is 0 Å². The lowest BCUT2D eigenvalue weighted by Crippen LogP contribution is -2.19. The molecule has 8 heteroatoms. The maximum atomic E-state index is 12.1. The highest BCUT2D eigenvalue weighted by molar-refractivity contribution is 5.70. The van der Waals surface area contributed by atoms with Crippen LogP contribution in [0.15, 0.2) is 6.07 Å². The summed E-state index contributed by atoms with van der Waals surface area (Å²) in [5, 5.41) is 8.65. The minimum atomic E-state index is -4.85. The van der Waals surface area contributed by atoms with Crippen molar-refractivity contribution >= 4 is 5.97 Å². The molecule has 0 bridgehead atoms. The molecule has 100 valence electrons. The Morgan fingerprint density at radius 2 is 2.17 bits per heavy atom. The molecule has 5 nitrogen and oxygen atoms in total. The Kier molecular flexibility index (Phi) is 4.12. The molecule has 0 aromatic carbocycles. The summed E-state index contributed by atoms with van der Waals surface area (Å²) in [6.45, 7) is 1.26. The summed E-state index contributed by atoms with van der Waals surface area (Å²) < 4.78 is 40.1. The first-order valence-electron chi connectivity index (χ1n) is 4.90. The third-order valence-corrected chi connectivity index (χ3v) is 2.10. The topological polar surface area (TPSA) is 85.4 Å². The first-order chi connectivity index (χ1) is 8.23. The maximum Gasteiger partial charge on any atom is 0.573 e. The summed E-state index contributed by atoms with van der Waals surface area (Å²) in [5.74, 6) is -1.70. The van der Waals surface area contributed by atoms with Crippen LogP contribution >= 0.6 is 0 Å². The molecule has 1 rings (SSSR count). The molecular formula is C10H11F3N2O3. The van der Waals surface area contributed by atoms with E-state index in [0.29, 0.717) is 0 Å². The van der Waals surface area contributed by atoms with Crippen LogP contribution in [-0.2, 0) is 17.8 Å². The Hall–Kier alpha value is -1.83. The third kappa shape index (κ3) is 3.88. The van der Waals surface area contributed by atoms with Crippen molar-refractivity contribution in [2.75, 3.05) is 0 Å². The predicted octanol–water partition coefficient (Wildman–Crippen LogP) is 1.37. The second-order valence-corrected chi connectivity index (χ2v) is 3.50. The molecule has 0 aliphatic heterocycles. The molecule has 0 atom stereocenters. The van der Waals surface area contributed by atoms with E-state index < -0.39 is 24.5 Å². The monoisotopic (exact) mass is 264 g/mol. The molecule has 0 aliphatic rings. The number of aliphatic carboxylic acids is 1. The number of aryl methyl sites for hydroxylation is 1. The molecule has 0 amide bonds. The zero-order valence-electron chi connectivity index (χ0n) is 9.41. The molecule has 1 aromatic rings. The van der Waals surface area contributed by atoms with Crippen LogP contribution in [-0.4, -0.2) is 22.4 Å². The molecule has 0 saturated heterocycles. The van der Waals surface area contributed by atoms with E-state index in [-0.39, 0.29) is 23.5 Å². The van der Waals surface area contributed by atoms with Gasteiger partial charge in [0.2, 0.25) is 0 Å². The summed E-state index contributed by atoms with van der Waals surface area (Å²) in [4.78, 5) is 14.4. The fourth-order valence-electron chi connectivity index (χ4n) is 1.40. The molecule has 0 aliphatic carbocycles. The molecule has 1 heterocycles. The van der Waals surface area contributed by atoms with Crippen LogP contribution in [0.2, 0.25) is 0 Å². The van der Waals surface area contributed by atoms with Crippen molar-refractivity contribution in [2.45, 2.75) is 26.3 Å². The van der Waals surface area contributed by atoms with Crippen LogP contribution in [0, 0.1) is 6.92 Å². The number of pyridine rings is 1. The van der Waals surface area contributed by atoms with Crippen molar-refractivity contribution < 1.29 is 27.8 Å². The fraction of sp³-hybridized carbons (Fsp3) is 0.400. The smallest absolute Gasteiger partial charge is 0.481 e. The van der Waals surface area contributed by atoms with Gasteiger partial charge in [-0.3, -0.25) is 9.78 Å². The van der Waals surface area contributed by atoms with Crippen LogP contribution in [0.4, 0.5) is 13.2 Å². The second kappa shape index (κ2) is 5.21. The van der Waals surface area contributed by atoms with Crippen molar-refractivity contribution in [1.29, 1.82) is 0 Å². The number of hydrogen-bond donors (Lipinski definition) is 2.